The van der Waals surface area contributed by atoms with Gasteiger partial charge < -0.3 is 0 Å². The van der Waals surface area contributed by atoms with Crippen LogP contribution in [0.4, 0.5) is 5.69 Å². The monoisotopic (exact) mass is 819 g/mol. The molecule has 156 valence electrons. The maximum absolute atomic E-state index is 12.4. The molecule has 1 aromatic carbocycles. The summed E-state index contributed by atoms with van der Waals surface area (Å²) < 4.78 is 5.15. The Balaban J connectivity index is 2.20. The zero-order valence-corrected chi connectivity index (χ0v) is 26.1. The number of allylic oxidation sites excluding steroid dienone is 4. The predicted octanol–water partition coefficient (Wildman–Crippen LogP) is 6.10. The standard InChI is InChI=1S/C22H20I3NO2SeSi/c1-10(2)30(11(3)4)16-9-12(27)5-6-13(16)26-14-7-8-15(28)17(21(14)30)20-18(23)19(24)22(25)29-20/h5-11,28H,1-4H3. The number of rotatable bonds is 3. The van der Waals surface area contributed by atoms with Crippen LogP contribution in [0, 0.1) is 9.58 Å². The third-order valence-electron chi connectivity index (χ3n) is 6.03. The van der Waals surface area contributed by atoms with Crippen molar-refractivity contribution in [3.8, 4) is 15.8 Å². The number of fused-ring (bicyclic) bond motifs is 2. The number of aromatic hydroxyl groups is 1. The maximum atomic E-state index is 12.4. The molecule has 0 saturated carbocycles. The van der Waals surface area contributed by atoms with Gasteiger partial charge in [0.15, 0.2) is 0 Å². The summed E-state index contributed by atoms with van der Waals surface area (Å²) in [6.45, 7) is 9.12. The third kappa shape index (κ3) is 3.42. The number of carbonyl (C=O) groups excluding carboxylic acids is 1. The average Bonchev–Trinajstić information content (AvgIpc) is 2.93. The van der Waals surface area contributed by atoms with Gasteiger partial charge in [-0.2, -0.15) is 0 Å². The van der Waals surface area contributed by atoms with Crippen LogP contribution in [0.1, 0.15) is 27.7 Å². The van der Waals surface area contributed by atoms with E-state index in [2.05, 4.69) is 95.5 Å². The summed E-state index contributed by atoms with van der Waals surface area (Å²) in [5, 5.41) is 13.5. The number of carbonyl (C=O) groups is 1. The van der Waals surface area contributed by atoms with Crippen LogP contribution in [0.2, 0.25) is 11.1 Å². The summed E-state index contributed by atoms with van der Waals surface area (Å²) in [5.41, 5.74) is 3.58. The number of hydrogen-bond donors (Lipinski definition) is 1. The zero-order chi connectivity index (χ0) is 22.0. The molecule has 0 amide bonds. The van der Waals surface area contributed by atoms with Crippen LogP contribution >= 0.6 is 67.8 Å². The molecule has 8 heteroatoms. The molecule has 30 heavy (non-hydrogen) atoms. The van der Waals surface area contributed by atoms with Gasteiger partial charge in [0.1, 0.15) is 0 Å². The Morgan fingerprint density at radius 2 is 1.70 bits per heavy atom. The average molecular weight is 818 g/mol. The van der Waals surface area contributed by atoms with Gasteiger partial charge in [0, 0.05) is 0 Å². The minimum absolute atomic E-state index is 0.0388. The van der Waals surface area contributed by atoms with Gasteiger partial charge >= 0.3 is 227 Å². The first-order valence-corrected chi connectivity index (χ1v) is 16.7. The quantitative estimate of drug-likeness (QED) is 0.232. The Kier molecular flexibility index (Phi) is 6.67. The van der Waals surface area contributed by atoms with E-state index in [1.807, 2.05) is 18.2 Å². The van der Waals surface area contributed by atoms with Crippen molar-refractivity contribution in [1.29, 1.82) is 0 Å². The third-order valence-corrected chi connectivity index (χ3v) is 21.9. The van der Waals surface area contributed by atoms with Gasteiger partial charge in [0.25, 0.3) is 0 Å². The first-order chi connectivity index (χ1) is 14.1. The fourth-order valence-corrected chi connectivity index (χ4v) is 17.8. The van der Waals surface area contributed by atoms with Crippen molar-refractivity contribution >= 4 is 113 Å². The van der Waals surface area contributed by atoms with E-state index < -0.39 is 8.07 Å². The molecule has 3 nitrogen and oxygen atoms in total. The number of halogens is 3. The van der Waals surface area contributed by atoms with E-state index in [9.17, 15) is 9.90 Å². The second-order valence-electron chi connectivity index (χ2n) is 8.16. The number of aliphatic imine (C=N–C) groups is 1. The summed E-state index contributed by atoms with van der Waals surface area (Å²) in [6.07, 6.45) is 5.33. The molecule has 1 aliphatic carbocycles. The van der Waals surface area contributed by atoms with Crippen LogP contribution < -0.4 is 5.19 Å². The molecule has 0 fully saturated rings. The van der Waals surface area contributed by atoms with Crippen molar-refractivity contribution in [2.45, 2.75) is 38.8 Å². The Morgan fingerprint density at radius 1 is 1.03 bits per heavy atom. The molecule has 1 N–H and O–H groups in total. The van der Waals surface area contributed by atoms with Gasteiger partial charge in [-0.1, -0.05) is 0 Å². The first kappa shape index (κ1) is 23.4. The summed E-state index contributed by atoms with van der Waals surface area (Å²) in [5.74, 6) is 0.377. The Labute approximate surface area is 224 Å². The van der Waals surface area contributed by atoms with E-state index in [4.69, 9.17) is 4.99 Å². The van der Waals surface area contributed by atoms with Crippen molar-refractivity contribution < 1.29 is 9.90 Å². The molecule has 0 spiro atoms. The molecular weight excluding hydrogens is 798 g/mol. The van der Waals surface area contributed by atoms with Gasteiger partial charge in [-0.05, 0) is 0 Å². The summed E-state index contributed by atoms with van der Waals surface area (Å²) in [4.78, 5) is 17.4. The number of ketones is 1. The minimum atomic E-state index is -2.43. The molecule has 0 saturated heterocycles. The molecule has 1 aliphatic heterocycles. The van der Waals surface area contributed by atoms with E-state index in [0.717, 1.165) is 22.2 Å². The second-order valence-corrected chi connectivity index (χ2v) is 20.3. The zero-order valence-electron chi connectivity index (χ0n) is 16.9. The van der Waals surface area contributed by atoms with Gasteiger partial charge in [-0.15, -0.1) is 0 Å². The summed E-state index contributed by atoms with van der Waals surface area (Å²) in [6, 6.07) is 3.77. The van der Waals surface area contributed by atoms with E-state index in [0.29, 0.717) is 16.8 Å². The molecule has 2 heterocycles. The molecule has 2 aromatic rings. The van der Waals surface area contributed by atoms with Gasteiger partial charge in [-0.25, -0.2) is 0 Å². The van der Waals surface area contributed by atoms with Gasteiger partial charge in [0.2, 0.25) is 0 Å². The van der Waals surface area contributed by atoms with Crippen LogP contribution in [0.3, 0.4) is 0 Å². The molecule has 4 rings (SSSR count). The number of phenolic OH excluding ortho intramolecular Hbond substituents is 1. The van der Waals surface area contributed by atoms with Gasteiger partial charge in [0.05, 0.1) is 0 Å². The summed E-state index contributed by atoms with van der Waals surface area (Å²) >= 11 is 7.45. The number of benzene rings is 1. The topological polar surface area (TPSA) is 49.7 Å². The van der Waals surface area contributed by atoms with Crippen molar-refractivity contribution in [2.75, 3.05) is 0 Å². The second kappa shape index (κ2) is 8.55. The van der Waals surface area contributed by atoms with E-state index in [1.54, 1.807) is 12.1 Å². The molecule has 0 radical (unpaired) electrons. The van der Waals surface area contributed by atoms with Crippen molar-refractivity contribution in [3.63, 3.8) is 0 Å². The Hall–Kier alpha value is 0.246. The van der Waals surface area contributed by atoms with Crippen LogP contribution in [0.5, 0.6) is 5.75 Å². The number of phenols is 1. The van der Waals surface area contributed by atoms with Crippen molar-refractivity contribution in [2.24, 2.45) is 4.99 Å². The molecule has 2 aliphatic rings. The fourth-order valence-electron chi connectivity index (χ4n) is 4.92. The van der Waals surface area contributed by atoms with E-state index in [1.165, 1.54) is 19.2 Å². The number of hydrogen-bond acceptors (Lipinski definition) is 3. The molecule has 0 bridgehead atoms. The Morgan fingerprint density at radius 3 is 2.27 bits per heavy atom. The Bertz CT molecular complexity index is 1170. The van der Waals surface area contributed by atoms with E-state index >= 15 is 0 Å². The predicted molar refractivity (Wildman–Crippen MR) is 154 cm³/mol. The van der Waals surface area contributed by atoms with E-state index in [-0.39, 0.29) is 20.3 Å². The van der Waals surface area contributed by atoms with Crippen LogP contribution in [0.25, 0.3) is 10.0 Å². The first-order valence-electron chi connectivity index (χ1n) is 9.64. The van der Waals surface area contributed by atoms with Crippen molar-refractivity contribution in [3.05, 3.63) is 45.1 Å². The number of nitrogens with zero attached hydrogens (tertiary/aromatic N) is 1. The molecule has 0 atom stereocenters. The molecule has 0 unspecified atom stereocenters. The molecule has 1 aromatic heterocycles. The molecular formula is C22H20I3NO2SeSi. The normalized spacial score (nSPS) is 17.2. The fraction of sp³-hybridized carbons (Fsp3) is 0.273. The van der Waals surface area contributed by atoms with Crippen LogP contribution in [-0.4, -0.2) is 39.2 Å². The van der Waals surface area contributed by atoms with Crippen molar-refractivity contribution in [1.82, 2.24) is 0 Å². The van der Waals surface area contributed by atoms with Gasteiger partial charge in [-0.3, -0.25) is 0 Å². The van der Waals surface area contributed by atoms with Crippen LogP contribution in [-0.2, 0) is 4.79 Å². The van der Waals surface area contributed by atoms with Crippen LogP contribution in [0.15, 0.2) is 40.5 Å². The SMILES string of the molecule is CC(C)[Si]1(C(C)C)C2=CC(=O)C=CC2=Nc2ccc(O)c(-c3[se]c(I)c(I)c3I)c21. The summed E-state index contributed by atoms with van der Waals surface area (Å²) in [7, 11) is -2.43.